The molecule has 30 heavy (non-hydrogen) atoms. The Balaban J connectivity index is 1.20. The van der Waals surface area contributed by atoms with Crippen molar-refractivity contribution in [3.8, 4) is 0 Å². The highest BCUT2D eigenvalue weighted by atomic mass is 32.1. The molecule has 0 radical (unpaired) electrons. The van der Waals surface area contributed by atoms with Gasteiger partial charge in [0.2, 0.25) is 11.0 Å². The first-order valence-corrected chi connectivity index (χ1v) is 11.8. The largest absolute Gasteiger partial charge is 0.355 e. The van der Waals surface area contributed by atoms with E-state index in [1.54, 1.807) is 12.1 Å². The molecule has 6 nitrogen and oxygen atoms in total. The molecule has 4 rings (SSSR count). The molecule has 0 aliphatic carbocycles. The maximum absolute atomic E-state index is 13.0. The van der Waals surface area contributed by atoms with Crippen molar-refractivity contribution in [2.75, 3.05) is 44.2 Å². The van der Waals surface area contributed by atoms with Crippen LogP contribution in [0.2, 0.25) is 0 Å². The van der Waals surface area contributed by atoms with E-state index in [0.717, 1.165) is 55.5 Å². The van der Waals surface area contributed by atoms with Gasteiger partial charge in [0.15, 0.2) is 0 Å². The molecule has 0 spiro atoms. The smallest absolute Gasteiger partial charge is 0.223 e. The van der Waals surface area contributed by atoms with Crippen LogP contribution in [0.5, 0.6) is 0 Å². The number of piperidine rings is 2. The molecule has 2 aliphatic heterocycles. The molecule has 0 unspecified atom stereocenters. The second kappa shape index (κ2) is 10.3. The quantitative estimate of drug-likeness (QED) is 0.730. The van der Waals surface area contributed by atoms with Crippen molar-refractivity contribution in [1.29, 1.82) is 0 Å². The number of carbonyl (C=O) groups excluding carboxylic acids is 1. The Bertz CT molecular complexity index is 813. The molecular formula is C22H30FN5OS. The van der Waals surface area contributed by atoms with Gasteiger partial charge in [-0.05, 0) is 56.5 Å². The van der Waals surface area contributed by atoms with Gasteiger partial charge in [0.05, 0.1) is 0 Å². The van der Waals surface area contributed by atoms with Gasteiger partial charge < -0.3 is 15.1 Å². The lowest BCUT2D eigenvalue weighted by molar-refractivity contribution is -0.125. The predicted molar refractivity (Wildman–Crippen MR) is 117 cm³/mol. The summed E-state index contributed by atoms with van der Waals surface area (Å²) in [6.07, 6.45) is 6.20. The first-order valence-electron chi connectivity index (χ1n) is 11.0. The highest BCUT2D eigenvalue weighted by Gasteiger charge is 2.26. The van der Waals surface area contributed by atoms with Gasteiger partial charge in [-0.15, -0.1) is 0 Å². The Morgan fingerprint density at radius 1 is 1.10 bits per heavy atom. The number of carbonyl (C=O) groups is 1. The molecule has 0 saturated carbocycles. The van der Waals surface area contributed by atoms with Crippen LogP contribution in [0.25, 0.3) is 0 Å². The molecule has 2 aromatic rings. The Labute approximate surface area is 181 Å². The van der Waals surface area contributed by atoms with E-state index in [9.17, 15) is 9.18 Å². The third-order valence-electron chi connectivity index (χ3n) is 6.05. The summed E-state index contributed by atoms with van der Waals surface area (Å²) in [4.78, 5) is 21.8. The van der Waals surface area contributed by atoms with Crippen LogP contribution in [0.15, 0.2) is 24.3 Å². The molecule has 1 amide bonds. The summed E-state index contributed by atoms with van der Waals surface area (Å²) in [5, 5.41) is 4.05. The van der Waals surface area contributed by atoms with Gasteiger partial charge in [-0.1, -0.05) is 18.6 Å². The van der Waals surface area contributed by atoms with E-state index in [4.69, 9.17) is 0 Å². The monoisotopic (exact) mass is 431 g/mol. The Hall–Kier alpha value is -2.06. The molecule has 2 aliphatic rings. The summed E-state index contributed by atoms with van der Waals surface area (Å²) in [7, 11) is 0. The zero-order chi connectivity index (χ0) is 20.8. The van der Waals surface area contributed by atoms with Gasteiger partial charge in [0.1, 0.15) is 11.6 Å². The lowest BCUT2D eigenvalue weighted by atomic mass is 9.96. The predicted octanol–water partition coefficient (Wildman–Crippen LogP) is 3.09. The average molecular weight is 432 g/mol. The fourth-order valence-corrected chi connectivity index (χ4v) is 4.96. The van der Waals surface area contributed by atoms with E-state index < -0.39 is 0 Å². The van der Waals surface area contributed by atoms with Crippen LogP contribution in [-0.4, -0.2) is 59.4 Å². The summed E-state index contributed by atoms with van der Waals surface area (Å²) in [6, 6.07) is 6.47. The number of hydrogen-bond acceptors (Lipinski definition) is 6. The van der Waals surface area contributed by atoms with Gasteiger partial charge in [0, 0.05) is 50.1 Å². The number of anilines is 1. The molecule has 2 saturated heterocycles. The van der Waals surface area contributed by atoms with Crippen LogP contribution >= 0.6 is 11.5 Å². The number of hydrogen-bond donors (Lipinski definition) is 1. The zero-order valence-corrected chi connectivity index (χ0v) is 18.2. The standard InChI is InChI=1S/C22H30FN5OS/c23-19-6-4-17(5-7-19)16-20-25-22(30-26-20)28-13-8-18(9-14-28)21(29)24-10-15-27-11-2-1-3-12-27/h4-7,18H,1-3,8-16H2,(H,24,29). The van der Waals surface area contributed by atoms with Gasteiger partial charge in [-0.25, -0.2) is 9.37 Å². The van der Waals surface area contributed by atoms with E-state index in [2.05, 4.69) is 24.5 Å². The molecule has 2 fully saturated rings. The van der Waals surface area contributed by atoms with Gasteiger partial charge >= 0.3 is 0 Å². The third kappa shape index (κ3) is 5.76. The van der Waals surface area contributed by atoms with Crippen LogP contribution in [-0.2, 0) is 11.2 Å². The minimum Gasteiger partial charge on any atom is -0.355 e. The minimum absolute atomic E-state index is 0.0919. The Morgan fingerprint density at radius 3 is 2.57 bits per heavy atom. The van der Waals surface area contributed by atoms with Crippen molar-refractivity contribution < 1.29 is 9.18 Å². The Kier molecular flexibility index (Phi) is 7.28. The number of amides is 1. The molecule has 8 heteroatoms. The topological polar surface area (TPSA) is 61.4 Å². The van der Waals surface area contributed by atoms with E-state index in [1.165, 1.54) is 56.0 Å². The number of nitrogens with one attached hydrogen (secondary N) is 1. The number of nitrogens with zero attached hydrogens (tertiary/aromatic N) is 4. The molecule has 0 atom stereocenters. The van der Waals surface area contributed by atoms with Gasteiger partial charge in [-0.3, -0.25) is 4.79 Å². The third-order valence-corrected chi connectivity index (χ3v) is 6.86. The van der Waals surface area contributed by atoms with E-state index in [1.807, 2.05) is 0 Å². The second-order valence-corrected chi connectivity index (χ2v) is 8.98. The molecule has 0 bridgehead atoms. The number of aromatic nitrogens is 2. The van der Waals surface area contributed by atoms with Crippen LogP contribution in [0.1, 0.15) is 43.5 Å². The van der Waals surface area contributed by atoms with Crippen molar-refractivity contribution in [2.45, 2.75) is 38.5 Å². The van der Waals surface area contributed by atoms with Crippen molar-refractivity contribution in [2.24, 2.45) is 5.92 Å². The summed E-state index contributed by atoms with van der Waals surface area (Å²) in [5.41, 5.74) is 1.00. The van der Waals surface area contributed by atoms with Crippen LogP contribution in [0, 0.1) is 11.7 Å². The van der Waals surface area contributed by atoms with Crippen LogP contribution < -0.4 is 10.2 Å². The zero-order valence-electron chi connectivity index (χ0n) is 17.4. The molecule has 1 aromatic carbocycles. The number of likely N-dealkylation sites (tertiary alicyclic amines) is 1. The fraction of sp³-hybridized carbons (Fsp3) is 0.591. The first-order chi connectivity index (χ1) is 14.7. The fourth-order valence-electron chi connectivity index (χ4n) is 4.23. The Morgan fingerprint density at radius 2 is 1.83 bits per heavy atom. The van der Waals surface area contributed by atoms with Crippen molar-refractivity contribution >= 4 is 22.6 Å². The lowest BCUT2D eigenvalue weighted by Crippen LogP contribution is -2.43. The maximum Gasteiger partial charge on any atom is 0.223 e. The first kappa shape index (κ1) is 21.2. The minimum atomic E-state index is -0.232. The average Bonchev–Trinajstić information content (AvgIpc) is 3.25. The molecule has 162 valence electrons. The molecular weight excluding hydrogens is 401 g/mol. The summed E-state index contributed by atoms with van der Waals surface area (Å²) < 4.78 is 17.5. The van der Waals surface area contributed by atoms with E-state index in [0.29, 0.717) is 6.42 Å². The van der Waals surface area contributed by atoms with Crippen LogP contribution in [0.3, 0.4) is 0 Å². The molecule has 3 heterocycles. The second-order valence-electron chi connectivity index (χ2n) is 8.25. The molecule has 1 aromatic heterocycles. The number of halogens is 1. The lowest BCUT2D eigenvalue weighted by Gasteiger charge is -2.31. The maximum atomic E-state index is 13.0. The van der Waals surface area contributed by atoms with Crippen molar-refractivity contribution in [1.82, 2.24) is 19.6 Å². The molecule has 1 N–H and O–H groups in total. The highest BCUT2D eigenvalue weighted by molar-refractivity contribution is 7.09. The van der Waals surface area contributed by atoms with Crippen molar-refractivity contribution in [3.63, 3.8) is 0 Å². The van der Waals surface area contributed by atoms with Crippen molar-refractivity contribution in [3.05, 3.63) is 41.5 Å². The number of benzene rings is 1. The van der Waals surface area contributed by atoms with E-state index in [-0.39, 0.29) is 17.6 Å². The summed E-state index contributed by atoms with van der Waals surface area (Å²) >= 11 is 1.40. The summed E-state index contributed by atoms with van der Waals surface area (Å²) in [6.45, 7) is 5.71. The number of rotatable bonds is 7. The van der Waals surface area contributed by atoms with Gasteiger partial charge in [0.25, 0.3) is 0 Å². The van der Waals surface area contributed by atoms with Crippen LogP contribution in [0.4, 0.5) is 9.52 Å². The van der Waals surface area contributed by atoms with E-state index >= 15 is 0 Å². The summed E-state index contributed by atoms with van der Waals surface area (Å²) in [5.74, 6) is 0.818. The highest BCUT2D eigenvalue weighted by Crippen LogP contribution is 2.25. The normalized spacial score (nSPS) is 18.5. The SMILES string of the molecule is O=C(NCCN1CCCCC1)C1CCN(c2nc(Cc3ccc(F)cc3)ns2)CC1. The van der Waals surface area contributed by atoms with Gasteiger partial charge in [-0.2, -0.15) is 4.37 Å².